The van der Waals surface area contributed by atoms with Gasteiger partial charge in [0.1, 0.15) is 6.61 Å². The average Bonchev–Trinajstić information content (AvgIpc) is 2.30. The first-order chi connectivity index (χ1) is 8.66. The van der Waals surface area contributed by atoms with Crippen molar-refractivity contribution in [2.24, 2.45) is 0 Å². The monoisotopic (exact) mass is 252 g/mol. The molecule has 0 radical (unpaired) electrons. The highest BCUT2D eigenvalue weighted by Crippen LogP contribution is 2.07. The molecule has 0 rings (SSSR count). The van der Waals surface area contributed by atoms with Crippen LogP contribution in [0.4, 0.5) is 0 Å². The van der Waals surface area contributed by atoms with E-state index >= 15 is 0 Å². The lowest BCUT2D eigenvalue weighted by molar-refractivity contribution is -0.136. The van der Waals surface area contributed by atoms with Crippen LogP contribution in [0.2, 0.25) is 0 Å². The molecule has 0 amide bonds. The predicted molar refractivity (Wildman–Crippen MR) is 77.5 cm³/mol. The molecule has 0 aliphatic heterocycles. The van der Waals surface area contributed by atoms with Crippen molar-refractivity contribution in [2.75, 3.05) is 6.61 Å². The van der Waals surface area contributed by atoms with E-state index in [9.17, 15) is 4.79 Å². The third kappa shape index (κ3) is 13.0. The number of ether oxygens (including phenoxy) is 1. The largest absolute Gasteiger partial charge is 0.458 e. The molecule has 0 aliphatic rings. The van der Waals surface area contributed by atoms with Gasteiger partial charge in [-0.05, 0) is 26.7 Å². The van der Waals surface area contributed by atoms with E-state index in [1.165, 1.54) is 44.6 Å². The molecule has 0 unspecified atom stereocenters. The Morgan fingerprint density at radius 2 is 1.67 bits per heavy atom. The fraction of sp³-hybridized carbons (Fsp3) is 0.688. The third-order valence-electron chi connectivity index (χ3n) is 2.62. The summed E-state index contributed by atoms with van der Waals surface area (Å²) in [4.78, 5) is 11.2. The van der Waals surface area contributed by atoms with Crippen molar-refractivity contribution in [2.45, 2.75) is 65.7 Å². The van der Waals surface area contributed by atoms with Crippen LogP contribution in [0.15, 0.2) is 23.8 Å². The highest BCUT2D eigenvalue weighted by atomic mass is 16.5. The maximum Gasteiger partial charge on any atom is 0.330 e. The summed E-state index contributed by atoms with van der Waals surface area (Å²) in [5.41, 5.74) is 0.969. The first-order valence-corrected chi connectivity index (χ1v) is 7.13. The van der Waals surface area contributed by atoms with Crippen LogP contribution in [0.1, 0.15) is 65.7 Å². The normalized spacial score (nSPS) is 10.6. The second-order valence-electron chi connectivity index (χ2n) is 4.88. The Labute approximate surface area is 112 Å². The zero-order valence-electron chi connectivity index (χ0n) is 12.2. The van der Waals surface area contributed by atoms with Gasteiger partial charge < -0.3 is 4.74 Å². The molecule has 0 spiro atoms. The van der Waals surface area contributed by atoms with Crippen molar-refractivity contribution in [3.05, 3.63) is 23.8 Å². The summed E-state index contributed by atoms with van der Waals surface area (Å²) in [6, 6.07) is 0. The lowest BCUT2D eigenvalue weighted by Crippen LogP contribution is -2.00. The summed E-state index contributed by atoms with van der Waals surface area (Å²) < 4.78 is 5.01. The molecule has 0 heterocycles. The fourth-order valence-corrected chi connectivity index (χ4v) is 1.64. The molecule has 0 aromatic heterocycles. The number of hydrogen-bond acceptors (Lipinski definition) is 2. The Bertz CT molecular complexity index is 260. The van der Waals surface area contributed by atoms with Crippen LogP contribution in [0.3, 0.4) is 0 Å². The quantitative estimate of drug-likeness (QED) is 0.241. The molecule has 0 bridgehead atoms. The minimum absolute atomic E-state index is 0.251. The van der Waals surface area contributed by atoms with Crippen molar-refractivity contribution in [3.8, 4) is 0 Å². The summed E-state index contributed by atoms with van der Waals surface area (Å²) in [7, 11) is 0. The van der Waals surface area contributed by atoms with Gasteiger partial charge in [0.2, 0.25) is 0 Å². The topological polar surface area (TPSA) is 26.3 Å². The molecule has 0 saturated heterocycles. The Hall–Kier alpha value is -1.05. The van der Waals surface area contributed by atoms with Gasteiger partial charge in [-0.15, -0.1) is 0 Å². The SMILES string of the molecule is CCCCCCCC/C=C/COC(=O)C=C(C)C. The number of esters is 1. The van der Waals surface area contributed by atoms with Gasteiger partial charge >= 0.3 is 5.97 Å². The Morgan fingerprint density at radius 3 is 2.33 bits per heavy atom. The molecule has 0 N–H and O–H groups in total. The molecule has 2 nitrogen and oxygen atoms in total. The number of carbonyl (C=O) groups excluding carboxylic acids is 1. The standard InChI is InChI=1S/C16H28O2/c1-4-5-6-7-8-9-10-11-12-13-18-16(17)14-15(2)3/h11-12,14H,4-10,13H2,1-3H3/b12-11+. The van der Waals surface area contributed by atoms with Crippen molar-refractivity contribution >= 4 is 5.97 Å². The number of carbonyl (C=O) groups is 1. The molecular formula is C16H28O2. The zero-order chi connectivity index (χ0) is 13.6. The van der Waals surface area contributed by atoms with Gasteiger partial charge in [-0.2, -0.15) is 0 Å². The van der Waals surface area contributed by atoms with Gasteiger partial charge in [-0.25, -0.2) is 4.79 Å². The maximum atomic E-state index is 11.2. The van der Waals surface area contributed by atoms with Crippen LogP contribution in [0.25, 0.3) is 0 Å². The van der Waals surface area contributed by atoms with Gasteiger partial charge in [-0.1, -0.05) is 56.8 Å². The van der Waals surface area contributed by atoms with Gasteiger partial charge in [0.05, 0.1) is 0 Å². The summed E-state index contributed by atoms with van der Waals surface area (Å²) >= 11 is 0. The van der Waals surface area contributed by atoms with Gasteiger partial charge in [-0.3, -0.25) is 0 Å². The van der Waals surface area contributed by atoms with E-state index in [-0.39, 0.29) is 5.97 Å². The maximum absolute atomic E-state index is 11.2. The summed E-state index contributed by atoms with van der Waals surface area (Å²) in [6.07, 6.45) is 14.6. The Balaban J connectivity index is 3.33. The summed E-state index contributed by atoms with van der Waals surface area (Å²) in [5.74, 6) is -0.251. The average molecular weight is 252 g/mol. The van der Waals surface area contributed by atoms with Crippen LogP contribution in [-0.4, -0.2) is 12.6 Å². The number of rotatable bonds is 10. The lowest BCUT2D eigenvalue weighted by atomic mass is 10.1. The third-order valence-corrected chi connectivity index (χ3v) is 2.62. The molecule has 18 heavy (non-hydrogen) atoms. The molecular weight excluding hydrogens is 224 g/mol. The molecule has 0 aromatic rings. The highest BCUT2D eigenvalue weighted by Gasteiger charge is 1.94. The van der Waals surface area contributed by atoms with E-state index in [2.05, 4.69) is 13.0 Å². The van der Waals surface area contributed by atoms with E-state index in [4.69, 9.17) is 4.74 Å². The molecule has 2 heteroatoms. The second-order valence-corrected chi connectivity index (χ2v) is 4.88. The van der Waals surface area contributed by atoms with Crippen molar-refractivity contribution in [3.63, 3.8) is 0 Å². The van der Waals surface area contributed by atoms with Crippen molar-refractivity contribution in [1.29, 1.82) is 0 Å². The minimum Gasteiger partial charge on any atom is -0.458 e. The molecule has 0 aromatic carbocycles. The molecule has 104 valence electrons. The van der Waals surface area contributed by atoms with Gasteiger partial charge in [0, 0.05) is 6.08 Å². The first kappa shape index (κ1) is 16.9. The van der Waals surface area contributed by atoms with Crippen LogP contribution in [-0.2, 0) is 9.53 Å². The summed E-state index contributed by atoms with van der Waals surface area (Å²) in [6.45, 7) is 6.39. The lowest BCUT2D eigenvalue weighted by Gasteiger charge is -1.98. The van der Waals surface area contributed by atoms with E-state index < -0.39 is 0 Å². The van der Waals surface area contributed by atoms with E-state index in [1.807, 2.05) is 19.9 Å². The molecule has 0 fully saturated rings. The predicted octanol–water partition coefficient (Wildman–Crippen LogP) is 4.80. The molecule has 0 saturated carbocycles. The second kappa shape index (κ2) is 12.4. The fourth-order valence-electron chi connectivity index (χ4n) is 1.64. The Kier molecular flexibility index (Phi) is 11.7. The van der Waals surface area contributed by atoms with Gasteiger partial charge in [0.25, 0.3) is 0 Å². The van der Waals surface area contributed by atoms with Crippen molar-refractivity contribution < 1.29 is 9.53 Å². The van der Waals surface area contributed by atoms with Crippen LogP contribution >= 0.6 is 0 Å². The van der Waals surface area contributed by atoms with Crippen LogP contribution < -0.4 is 0 Å². The Morgan fingerprint density at radius 1 is 1.00 bits per heavy atom. The highest BCUT2D eigenvalue weighted by molar-refractivity contribution is 5.82. The van der Waals surface area contributed by atoms with E-state index in [1.54, 1.807) is 0 Å². The van der Waals surface area contributed by atoms with Gasteiger partial charge in [0.15, 0.2) is 0 Å². The smallest absolute Gasteiger partial charge is 0.330 e. The minimum atomic E-state index is -0.251. The number of unbranched alkanes of at least 4 members (excludes halogenated alkanes) is 6. The van der Waals surface area contributed by atoms with E-state index in [0.29, 0.717) is 6.61 Å². The summed E-state index contributed by atoms with van der Waals surface area (Å²) in [5, 5.41) is 0. The van der Waals surface area contributed by atoms with Crippen LogP contribution in [0.5, 0.6) is 0 Å². The molecule has 0 aliphatic carbocycles. The zero-order valence-corrected chi connectivity index (χ0v) is 12.2. The van der Waals surface area contributed by atoms with Crippen molar-refractivity contribution in [1.82, 2.24) is 0 Å². The number of allylic oxidation sites excluding steroid dienone is 2. The molecule has 0 atom stereocenters. The number of hydrogen-bond donors (Lipinski definition) is 0. The van der Waals surface area contributed by atoms with E-state index in [0.717, 1.165) is 12.0 Å². The van der Waals surface area contributed by atoms with Crippen LogP contribution in [0, 0.1) is 0 Å². The first-order valence-electron chi connectivity index (χ1n) is 7.13.